The van der Waals surface area contributed by atoms with Crippen molar-refractivity contribution >= 4 is 5.91 Å². The summed E-state index contributed by atoms with van der Waals surface area (Å²) in [6.45, 7) is 2.03. The Labute approximate surface area is 157 Å². The van der Waals surface area contributed by atoms with Gasteiger partial charge in [0.2, 0.25) is 5.82 Å². The number of carbonyl (C=O) groups excluding carboxylic acids is 1. The predicted octanol–water partition coefficient (Wildman–Crippen LogP) is 3.75. The van der Waals surface area contributed by atoms with Crippen LogP contribution in [0, 0.1) is 18.8 Å². The lowest BCUT2D eigenvalue weighted by molar-refractivity contribution is 0.0912. The van der Waals surface area contributed by atoms with Gasteiger partial charge in [-0.25, -0.2) is 4.68 Å². The number of hydrogen-bond acceptors (Lipinski definition) is 4. The first-order chi connectivity index (χ1) is 13.2. The van der Waals surface area contributed by atoms with E-state index in [0.717, 1.165) is 23.6 Å². The molecule has 2 fully saturated rings. The summed E-state index contributed by atoms with van der Waals surface area (Å²) >= 11 is 0. The molecule has 2 aliphatic rings. The van der Waals surface area contributed by atoms with Crippen LogP contribution >= 0.6 is 0 Å². The number of rotatable bonds is 4. The predicted molar refractivity (Wildman–Crippen MR) is 101 cm³/mol. The summed E-state index contributed by atoms with van der Waals surface area (Å²) in [5.41, 5.74) is 2.01. The maximum Gasteiger partial charge on any atom is 0.291 e. The highest BCUT2D eigenvalue weighted by Gasteiger charge is 2.40. The van der Waals surface area contributed by atoms with Crippen LogP contribution in [0.5, 0.6) is 0 Å². The number of nitrogens with one attached hydrogen (secondary N) is 1. The molecule has 1 amide bonds. The molecule has 0 saturated heterocycles. The second-order valence-corrected chi connectivity index (χ2v) is 7.74. The van der Waals surface area contributed by atoms with Crippen molar-refractivity contribution in [2.75, 3.05) is 0 Å². The van der Waals surface area contributed by atoms with Crippen molar-refractivity contribution in [3.8, 4) is 17.3 Å². The Balaban J connectivity index is 1.47. The van der Waals surface area contributed by atoms with E-state index in [4.69, 9.17) is 4.42 Å². The van der Waals surface area contributed by atoms with E-state index in [0.29, 0.717) is 17.5 Å². The quantitative estimate of drug-likeness (QED) is 0.767. The Morgan fingerprint density at radius 3 is 2.70 bits per heavy atom. The SMILES string of the molecule is Cc1ccc(-n2nc(C(=O)N[C@H]3C[C@H]4CC[C@H]3C4)nc2-c2ccco2)cc1. The zero-order chi connectivity index (χ0) is 18.4. The number of furan rings is 1. The monoisotopic (exact) mass is 362 g/mol. The molecule has 0 radical (unpaired) electrons. The first-order valence-corrected chi connectivity index (χ1v) is 9.56. The lowest BCUT2D eigenvalue weighted by Crippen LogP contribution is -2.39. The van der Waals surface area contributed by atoms with E-state index in [1.165, 1.54) is 19.3 Å². The molecule has 138 valence electrons. The Morgan fingerprint density at radius 2 is 2.04 bits per heavy atom. The van der Waals surface area contributed by atoms with Gasteiger partial charge in [-0.05, 0) is 62.3 Å². The number of aromatic nitrogens is 3. The van der Waals surface area contributed by atoms with Crippen molar-refractivity contribution in [1.82, 2.24) is 20.1 Å². The third-order valence-corrected chi connectivity index (χ3v) is 5.88. The van der Waals surface area contributed by atoms with Gasteiger partial charge in [0.25, 0.3) is 5.91 Å². The average molecular weight is 362 g/mol. The van der Waals surface area contributed by atoms with Gasteiger partial charge in [-0.1, -0.05) is 24.1 Å². The van der Waals surface area contributed by atoms with Gasteiger partial charge in [0.05, 0.1) is 12.0 Å². The lowest BCUT2D eigenvalue weighted by Gasteiger charge is -2.22. The van der Waals surface area contributed by atoms with Gasteiger partial charge >= 0.3 is 0 Å². The van der Waals surface area contributed by atoms with Gasteiger partial charge in [-0.3, -0.25) is 4.79 Å². The maximum atomic E-state index is 12.8. The lowest BCUT2D eigenvalue weighted by atomic mass is 9.95. The van der Waals surface area contributed by atoms with Crippen molar-refractivity contribution in [2.45, 2.75) is 38.6 Å². The summed E-state index contributed by atoms with van der Waals surface area (Å²) < 4.78 is 7.19. The maximum absolute atomic E-state index is 12.8. The molecule has 1 aromatic carbocycles. The van der Waals surface area contributed by atoms with Crippen molar-refractivity contribution < 1.29 is 9.21 Å². The summed E-state index contributed by atoms with van der Waals surface area (Å²) in [6, 6.07) is 11.8. The Bertz CT molecular complexity index is 959. The van der Waals surface area contributed by atoms with Crippen LogP contribution in [0.2, 0.25) is 0 Å². The summed E-state index contributed by atoms with van der Waals surface area (Å²) in [4.78, 5) is 17.3. The molecule has 3 aromatic rings. The standard InChI is InChI=1S/C21H22N4O2/c1-13-4-8-16(9-5-13)25-20(18-3-2-10-27-18)23-19(24-25)21(26)22-17-12-14-6-7-15(17)11-14/h2-5,8-10,14-15,17H,6-7,11-12H2,1H3,(H,22,26)/t14-,15-,17-/m0/s1. The molecule has 2 saturated carbocycles. The van der Waals surface area contributed by atoms with Crippen molar-refractivity contribution in [2.24, 2.45) is 11.8 Å². The van der Waals surface area contributed by atoms with Crippen LogP contribution in [-0.2, 0) is 0 Å². The van der Waals surface area contributed by atoms with E-state index in [2.05, 4.69) is 15.4 Å². The second kappa shape index (κ2) is 6.37. The van der Waals surface area contributed by atoms with Crippen LogP contribution in [0.1, 0.15) is 41.9 Å². The molecule has 2 bridgehead atoms. The normalized spacial score (nSPS) is 23.7. The van der Waals surface area contributed by atoms with Gasteiger partial charge in [0.1, 0.15) is 0 Å². The number of benzene rings is 1. The summed E-state index contributed by atoms with van der Waals surface area (Å²) in [5, 5.41) is 7.67. The molecule has 0 spiro atoms. The topological polar surface area (TPSA) is 73.0 Å². The summed E-state index contributed by atoms with van der Waals surface area (Å²) in [6.07, 6.45) is 6.45. The minimum atomic E-state index is -0.203. The fraction of sp³-hybridized carbons (Fsp3) is 0.381. The third-order valence-electron chi connectivity index (χ3n) is 5.88. The van der Waals surface area contributed by atoms with Crippen LogP contribution in [0.15, 0.2) is 47.1 Å². The smallest absolute Gasteiger partial charge is 0.291 e. The van der Waals surface area contributed by atoms with E-state index in [1.54, 1.807) is 17.0 Å². The summed E-state index contributed by atoms with van der Waals surface area (Å²) in [7, 11) is 0. The van der Waals surface area contributed by atoms with Gasteiger partial charge in [0, 0.05) is 6.04 Å². The molecule has 5 rings (SSSR count). The van der Waals surface area contributed by atoms with Gasteiger partial charge < -0.3 is 9.73 Å². The zero-order valence-electron chi connectivity index (χ0n) is 15.3. The molecule has 6 nitrogen and oxygen atoms in total. The number of amides is 1. The van der Waals surface area contributed by atoms with E-state index >= 15 is 0 Å². The fourth-order valence-corrected chi connectivity index (χ4v) is 4.49. The first-order valence-electron chi connectivity index (χ1n) is 9.56. The molecule has 0 aliphatic heterocycles. The minimum Gasteiger partial charge on any atom is -0.461 e. The number of hydrogen-bond donors (Lipinski definition) is 1. The van der Waals surface area contributed by atoms with Gasteiger partial charge in [-0.2, -0.15) is 4.98 Å². The van der Waals surface area contributed by atoms with Crippen LogP contribution in [0.4, 0.5) is 0 Å². The molecule has 0 unspecified atom stereocenters. The van der Waals surface area contributed by atoms with E-state index in [1.807, 2.05) is 37.3 Å². The molecule has 2 heterocycles. The molecule has 3 atom stereocenters. The molecular weight excluding hydrogens is 340 g/mol. The Hall–Kier alpha value is -2.89. The van der Waals surface area contributed by atoms with Crippen LogP contribution in [-0.4, -0.2) is 26.7 Å². The second-order valence-electron chi connectivity index (χ2n) is 7.74. The Kier molecular flexibility index (Phi) is 3.85. The molecule has 27 heavy (non-hydrogen) atoms. The molecule has 1 N–H and O–H groups in total. The van der Waals surface area contributed by atoms with Crippen molar-refractivity contribution in [1.29, 1.82) is 0 Å². The van der Waals surface area contributed by atoms with Crippen LogP contribution in [0.3, 0.4) is 0 Å². The average Bonchev–Trinajstić information content (AvgIpc) is 3.44. The zero-order valence-corrected chi connectivity index (χ0v) is 15.3. The fourth-order valence-electron chi connectivity index (χ4n) is 4.49. The first kappa shape index (κ1) is 16.3. The number of aryl methyl sites for hydroxylation is 1. The molecule has 2 aromatic heterocycles. The highest BCUT2D eigenvalue weighted by atomic mass is 16.3. The van der Waals surface area contributed by atoms with Gasteiger partial charge in [-0.15, -0.1) is 5.10 Å². The Morgan fingerprint density at radius 1 is 1.19 bits per heavy atom. The van der Waals surface area contributed by atoms with E-state index in [9.17, 15) is 4.79 Å². The van der Waals surface area contributed by atoms with Crippen LogP contribution in [0.25, 0.3) is 17.3 Å². The highest BCUT2D eigenvalue weighted by Crippen LogP contribution is 2.44. The number of carbonyl (C=O) groups is 1. The molecule has 6 heteroatoms. The van der Waals surface area contributed by atoms with E-state index < -0.39 is 0 Å². The van der Waals surface area contributed by atoms with Crippen molar-refractivity contribution in [3.63, 3.8) is 0 Å². The summed E-state index contributed by atoms with van der Waals surface area (Å²) in [5.74, 6) is 2.49. The molecule has 2 aliphatic carbocycles. The number of fused-ring (bicyclic) bond motifs is 2. The van der Waals surface area contributed by atoms with Crippen molar-refractivity contribution in [3.05, 3.63) is 54.0 Å². The minimum absolute atomic E-state index is 0.185. The highest BCUT2D eigenvalue weighted by molar-refractivity contribution is 5.91. The van der Waals surface area contributed by atoms with Gasteiger partial charge in [0.15, 0.2) is 11.6 Å². The molecular formula is C21H22N4O2. The third kappa shape index (κ3) is 2.95. The number of nitrogens with zero attached hydrogens (tertiary/aromatic N) is 3. The largest absolute Gasteiger partial charge is 0.461 e. The van der Waals surface area contributed by atoms with Crippen LogP contribution < -0.4 is 5.32 Å². The van der Waals surface area contributed by atoms with E-state index in [-0.39, 0.29) is 17.8 Å².